The smallest absolute Gasteiger partial charge is 0.250 e. The third-order valence-corrected chi connectivity index (χ3v) is 3.93. The standard InChI is InChI=1S/C12H14BrFN2O/c1-3-12(4-2)11(17)15-9-6-8(14)7(13)5-10(9)16-12/h5-6,16H,3-4H2,1-2H3,(H,15,17). The first-order valence-corrected chi connectivity index (χ1v) is 6.40. The average molecular weight is 301 g/mol. The lowest BCUT2D eigenvalue weighted by molar-refractivity contribution is -0.120. The van der Waals surface area contributed by atoms with E-state index in [-0.39, 0.29) is 11.7 Å². The molecule has 0 bridgehead atoms. The van der Waals surface area contributed by atoms with Crippen LogP contribution in [0.2, 0.25) is 0 Å². The van der Waals surface area contributed by atoms with Gasteiger partial charge in [0, 0.05) is 6.07 Å². The van der Waals surface area contributed by atoms with Gasteiger partial charge in [-0.05, 0) is 34.8 Å². The van der Waals surface area contributed by atoms with E-state index < -0.39 is 5.54 Å². The van der Waals surface area contributed by atoms with Crippen molar-refractivity contribution < 1.29 is 9.18 Å². The van der Waals surface area contributed by atoms with E-state index in [1.54, 1.807) is 6.07 Å². The zero-order valence-corrected chi connectivity index (χ0v) is 11.3. The molecule has 2 N–H and O–H groups in total. The molecule has 0 fully saturated rings. The predicted molar refractivity (Wildman–Crippen MR) is 69.7 cm³/mol. The number of anilines is 2. The number of benzene rings is 1. The summed E-state index contributed by atoms with van der Waals surface area (Å²) < 4.78 is 13.8. The number of amides is 1. The molecule has 1 aromatic carbocycles. The fraction of sp³-hybridized carbons (Fsp3) is 0.417. The highest BCUT2D eigenvalue weighted by atomic mass is 79.9. The molecule has 3 nitrogen and oxygen atoms in total. The predicted octanol–water partition coefficient (Wildman–Crippen LogP) is 3.51. The number of nitrogens with one attached hydrogen (secondary N) is 2. The maximum atomic E-state index is 13.4. The van der Waals surface area contributed by atoms with E-state index in [4.69, 9.17) is 0 Å². The van der Waals surface area contributed by atoms with Crippen molar-refractivity contribution in [3.05, 3.63) is 22.4 Å². The summed E-state index contributed by atoms with van der Waals surface area (Å²) in [6.07, 6.45) is 1.37. The molecule has 1 aliphatic rings. The normalized spacial score (nSPS) is 17.1. The van der Waals surface area contributed by atoms with Crippen LogP contribution in [0.5, 0.6) is 0 Å². The maximum Gasteiger partial charge on any atom is 0.250 e. The highest BCUT2D eigenvalue weighted by Gasteiger charge is 2.39. The van der Waals surface area contributed by atoms with Gasteiger partial charge in [0.1, 0.15) is 11.4 Å². The van der Waals surface area contributed by atoms with E-state index in [0.29, 0.717) is 23.0 Å². The van der Waals surface area contributed by atoms with E-state index in [0.717, 1.165) is 5.69 Å². The van der Waals surface area contributed by atoms with Crippen LogP contribution in [0.1, 0.15) is 26.7 Å². The molecular formula is C12H14BrFN2O. The number of carbonyl (C=O) groups is 1. The quantitative estimate of drug-likeness (QED) is 0.877. The molecule has 0 spiro atoms. The van der Waals surface area contributed by atoms with Crippen LogP contribution in [0.15, 0.2) is 16.6 Å². The van der Waals surface area contributed by atoms with Crippen LogP contribution in [0, 0.1) is 5.82 Å². The van der Waals surface area contributed by atoms with Gasteiger partial charge in [-0.25, -0.2) is 4.39 Å². The number of rotatable bonds is 2. The van der Waals surface area contributed by atoms with Crippen molar-refractivity contribution in [1.82, 2.24) is 0 Å². The Labute approximate surface area is 108 Å². The second kappa shape index (κ2) is 4.29. The lowest BCUT2D eigenvalue weighted by Crippen LogP contribution is -2.51. The summed E-state index contributed by atoms with van der Waals surface area (Å²) in [6.45, 7) is 3.92. The molecule has 5 heteroatoms. The Balaban J connectivity index is 2.47. The first-order chi connectivity index (χ1) is 8.02. The van der Waals surface area contributed by atoms with Gasteiger partial charge in [-0.1, -0.05) is 13.8 Å². The Kier molecular flexibility index (Phi) is 3.12. The largest absolute Gasteiger partial charge is 0.369 e. The van der Waals surface area contributed by atoms with Crippen molar-refractivity contribution in [2.75, 3.05) is 10.6 Å². The molecule has 0 saturated carbocycles. The molecule has 2 rings (SSSR count). The number of halogens is 2. The summed E-state index contributed by atoms with van der Waals surface area (Å²) in [7, 11) is 0. The molecule has 0 saturated heterocycles. The van der Waals surface area contributed by atoms with Crippen LogP contribution in [-0.4, -0.2) is 11.4 Å². The highest BCUT2D eigenvalue weighted by Crippen LogP contribution is 2.37. The van der Waals surface area contributed by atoms with Crippen molar-refractivity contribution >= 4 is 33.2 Å². The Hall–Kier alpha value is -1.10. The van der Waals surface area contributed by atoms with E-state index in [1.165, 1.54) is 6.07 Å². The number of hydrogen-bond acceptors (Lipinski definition) is 2. The lowest BCUT2D eigenvalue weighted by Gasteiger charge is -2.37. The van der Waals surface area contributed by atoms with Crippen molar-refractivity contribution in [2.45, 2.75) is 32.2 Å². The monoisotopic (exact) mass is 300 g/mol. The lowest BCUT2D eigenvalue weighted by atomic mass is 9.89. The minimum atomic E-state index is -0.593. The SMILES string of the molecule is CCC1(CC)Nc2cc(Br)c(F)cc2NC1=O. The van der Waals surface area contributed by atoms with Crippen LogP contribution in [0.4, 0.5) is 15.8 Å². The van der Waals surface area contributed by atoms with Crippen molar-refractivity contribution in [3.63, 3.8) is 0 Å². The summed E-state index contributed by atoms with van der Waals surface area (Å²) in [4.78, 5) is 12.0. The van der Waals surface area contributed by atoms with Gasteiger partial charge in [0.05, 0.1) is 15.8 Å². The van der Waals surface area contributed by atoms with Gasteiger partial charge < -0.3 is 10.6 Å². The molecule has 1 heterocycles. The molecule has 0 aromatic heterocycles. The van der Waals surface area contributed by atoms with Crippen LogP contribution >= 0.6 is 15.9 Å². The van der Waals surface area contributed by atoms with Crippen molar-refractivity contribution in [3.8, 4) is 0 Å². The fourth-order valence-electron chi connectivity index (χ4n) is 2.06. The topological polar surface area (TPSA) is 41.1 Å². The Morgan fingerprint density at radius 1 is 1.29 bits per heavy atom. The van der Waals surface area contributed by atoms with Crippen LogP contribution in [-0.2, 0) is 4.79 Å². The minimum absolute atomic E-state index is 0.100. The number of carbonyl (C=O) groups excluding carboxylic acids is 1. The summed E-state index contributed by atoms with van der Waals surface area (Å²) in [5, 5.41) is 5.98. The van der Waals surface area contributed by atoms with Gasteiger partial charge in [-0.15, -0.1) is 0 Å². The van der Waals surface area contributed by atoms with Gasteiger partial charge in [0.15, 0.2) is 0 Å². The summed E-state index contributed by atoms with van der Waals surface area (Å²) in [5.74, 6) is -0.483. The molecule has 0 atom stereocenters. The Bertz CT molecular complexity index is 472. The molecule has 92 valence electrons. The highest BCUT2D eigenvalue weighted by molar-refractivity contribution is 9.10. The molecule has 0 aliphatic carbocycles. The molecule has 0 unspecified atom stereocenters. The van der Waals surface area contributed by atoms with Gasteiger partial charge in [-0.3, -0.25) is 4.79 Å². The zero-order valence-electron chi connectivity index (χ0n) is 9.73. The molecule has 1 aliphatic heterocycles. The zero-order chi connectivity index (χ0) is 12.6. The number of hydrogen-bond donors (Lipinski definition) is 2. The fourth-order valence-corrected chi connectivity index (χ4v) is 2.40. The van der Waals surface area contributed by atoms with Gasteiger partial charge in [0.25, 0.3) is 0 Å². The molecular weight excluding hydrogens is 287 g/mol. The Morgan fingerprint density at radius 3 is 2.53 bits per heavy atom. The van der Waals surface area contributed by atoms with E-state index in [2.05, 4.69) is 26.6 Å². The van der Waals surface area contributed by atoms with Gasteiger partial charge in [-0.2, -0.15) is 0 Å². The Morgan fingerprint density at radius 2 is 1.94 bits per heavy atom. The summed E-state index contributed by atoms with van der Waals surface area (Å²) >= 11 is 3.14. The van der Waals surface area contributed by atoms with Gasteiger partial charge >= 0.3 is 0 Å². The maximum absolute atomic E-state index is 13.4. The van der Waals surface area contributed by atoms with E-state index in [1.807, 2.05) is 13.8 Å². The summed E-state index contributed by atoms with van der Waals surface area (Å²) in [5.41, 5.74) is 0.652. The first-order valence-electron chi connectivity index (χ1n) is 5.61. The van der Waals surface area contributed by atoms with Crippen LogP contribution in [0.25, 0.3) is 0 Å². The van der Waals surface area contributed by atoms with Crippen molar-refractivity contribution in [2.24, 2.45) is 0 Å². The van der Waals surface area contributed by atoms with Crippen molar-refractivity contribution in [1.29, 1.82) is 0 Å². The first kappa shape index (κ1) is 12.4. The average Bonchev–Trinajstić information content (AvgIpc) is 2.31. The van der Waals surface area contributed by atoms with Crippen LogP contribution in [0.3, 0.4) is 0 Å². The van der Waals surface area contributed by atoms with E-state index in [9.17, 15) is 9.18 Å². The summed E-state index contributed by atoms with van der Waals surface area (Å²) in [6, 6.07) is 2.98. The molecule has 1 aromatic rings. The van der Waals surface area contributed by atoms with E-state index >= 15 is 0 Å². The minimum Gasteiger partial charge on any atom is -0.369 e. The molecule has 1 amide bonds. The van der Waals surface area contributed by atoms with Crippen LogP contribution < -0.4 is 10.6 Å². The third kappa shape index (κ3) is 1.92. The second-order valence-electron chi connectivity index (χ2n) is 4.18. The molecule has 0 radical (unpaired) electrons. The number of fused-ring (bicyclic) bond motifs is 1. The third-order valence-electron chi connectivity index (χ3n) is 3.32. The molecule has 17 heavy (non-hydrogen) atoms. The second-order valence-corrected chi connectivity index (χ2v) is 5.03. The van der Waals surface area contributed by atoms with Gasteiger partial charge in [0.2, 0.25) is 5.91 Å².